The lowest BCUT2D eigenvalue weighted by atomic mass is 10.0. The highest BCUT2D eigenvalue weighted by Crippen LogP contribution is 2.37. The maximum Gasteiger partial charge on any atom is 0.234 e. The molecule has 2 aromatic rings. The molecule has 0 aromatic heterocycles. The summed E-state index contributed by atoms with van der Waals surface area (Å²) in [4.78, 5) is 14.6. The van der Waals surface area contributed by atoms with Gasteiger partial charge < -0.3 is 14.8 Å². The number of nitrogens with one attached hydrogen (secondary N) is 1. The van der Waals surface area contributed by atoms with Gasteiger partial charge in [-0.2, -0.15) is 0 Å². The molecule has 2 aliphatic heterocycles. The molecule has 6 heteroatoms. The van der Waals surface area contributed by atoms with Crippen molar-refractivity contribution in [3.05, 3.63) is 59.4 Å². The SMILES string of the molecule is O=C(CN1CCCC1c1ccc2c(c1)OCCO2)NCc1ccc(F)cc1. The molecule has 4 rings (SSSR count). The molecular formula is C21H23FN2O3. The predicted molar refractivity (Wildman–Crippen MR) is 99.2 cm³/mol. The Labute approximate surface area is 158 Å². The van der Waals surface area contributed by atoms with Gasteiger partial charge in [-0.05, 0) is 54.8 Å². The summed E-state index contributed by atoms with van der Waals surface area (Å²) in [5.41, 5.74) is 2.04. The first-order chi connectivity index (χ1) is 13.2. The Hall–Kier alpha value is -2.60. The maximum atomic E-state index is 13.0. The lowest BCUT2D eigenvalue weighted by molar-refractivity contribution is -0.122. The van der Waals surface area contributed by atoms with Crippen LogP contribution in [0.2, 0.25) is 0 Å². The lowest BCUT2D eigenvalue weighted by Crippen LogP contribution is -2.36. The molecule has 2 aliphatic rings. The number of hydrogen-bond donors (Lipinski definition) is 1. The first-order valence-corrected chi connectivity index (χ1v) is 9.34. The Kier molecular flexibility index (Phi) is 5.25. The van der Waals surface area contributed by atoms with Gasteiger partial charge in [0.25, 0.3) is 0 Å². The van der Waals surface area contributed by atoms with Gasteiger partial charge in [-0.25, -0.2) is 4.39 Å². The number of carbonyl (C=O) groups is 1. The monoisotopic (exact) mass is 370 g/mol. The van der Waals surface area contributed by atoms with Gasteiger partial charge in [0.2, 0.25) is 5.91 Å². The summed E-state index contributed by atoms with van der Waals surface area (Å²) in [6.07, 6.45) is 2.08. The summed E-state index contributed by atoms with van der Waals surface area (Å²) in [7, 11) is 0. The summed E-state index contributed by atoms with van der Waals surface area (Å²) in [6, 6.07) is 12.4. The van der Waals surface area contributed by atoms with Crippen molar-refractivity contribution in [2.75, 3.05) is 26.3 Å². The molecule has 27 heavy (non-hydrogen) atoms. The highest BCUT2D eigenvalue weighted by molar-refractivity contribution is 5.78. The number of hydrogen-bond acceptors (Lipinski definition) is 4. The second-order valence-corrected chi connectivity index (χ2v) is 6.93. The normalized spacial score (nSPS) is 19.1. The van der Waals surface area contributed by atoms with E-state index in [0.717, 1.165) is 42.0 Å². The lowest BCUT2D eigenvalue weighted by Gasteiger charge is -2.26. The van der Waals surface area contributed by atoms with Crippen molar-refractivity contribution in [2.45, 2.75) is 25.4 Å². The third-order valence-electron chi connectivity index (χ3n) is 5.06. The van der Waals surface area contributed by atoms with Gasteiger partial charge in [-0.3, -0.25) is 9.69 Å². The number of carbonyl (C=O) groups excluding carboxylic acids is 1. The van der Waals surface area contributed by atoms with Gasteiger partial charge >= 0.3 is 0 Å². The van der Waals surface area contributed by atoms with Gasteiger partial charge in [0.15, 0.2) is 11.5 Å². The average Bonchev–Trinajstić information content (AvgIpc) is 3.15. The van der Waals surface area contributed by atoms with Crippen molar-refractivity contribution >= 4 is 5.91 Å². The molecule has 1 atom stereocenters. The van der Waals surface area contributed by atoms with Crippen LogP contribution in [0.4, 0.5) is 4.39 Å². The maximum absolute atomic E-state index is 13.0. The molecule has 2 aromatic carbocycles. The molecule has 0 radical (unpaired) electrons. The van der Waals surface area contributed by atoms with Gasteiger partial charge in [0.1, 0.15) is 19.0 Å². The number of benzene rings is 2. The number of fused-ring (bicyclic) bond motifs is 1. The van der Waals surface area contributed by atoms with Gasteiger partial charge in [0.05, 0.1) is 6.54 Å². The number of rotatable bonds is 5. The van der Waals surface area contributed by atoms with Crippen molar-refractivity contribution in [1.82, 2.24) is 10.2 Å². The Bertz CT molecular complexity index is 810. The topological polar surface area (TPSA) is 50.8 Å². The van der Waals surface area contributed by atoms with E-state index in [2.05, 4.69) is 16.3 Å². The van der Waals surface area contributed by atoms with E-state index in [4.69, 9.17) is 9.47 Å². The molecule has 1 amide bonds. The second-order valence-electron chi connectivity index (χ2n) is 6.93. The Morgan fingerprint density at radius 3 is 2.70 bits per heavy atom. The minimum absolute atomic E-state index is 0.0243. The van der Waals surface area contributed by atoms with Gasteiger partial charge in [0, 0.05) is 12.6 Å². The molecule has 0 aliphatic carbocycles. The van der Waals surface area contributed by atoms with Crippen molar-refractivity contribution in [3.63, 3.8) is 0 Å². The first kappa shape index (κ1) is 17.8. The van der Waals surface area contributed by atoms with Crippen LogP contribution in [0.25, 0.3) is 0 Å². The van der Waals surface area contributed by atoms with E-state index >= 15 is 0 Å². The average molecular weight is 370 g/mol. The highest BCUT2D eigenvalue weighted by Gasteiger charge is 2.28. The summed E-state index contributed by atoms with van der Waals surface area (Å²) in [5, 5.41) is 2.92. The molecular weight excluding hydrogens is 347 g/mol. The van der Waals surface area contributed by atoms with Crippen molar-refractivity contribution < 1.29 is 18.7 Å². The van der Waals surface area contributed by atoms with Gasteiger partial charge in [-0.1, -0.05) is 18.2 Å². The summed E-state index contributed by atoms with van der Waals surface area (Å²) in [6.45, 7) is 2.79. The van der Waals surface area contributed by atoms with Crippen LogP contribution in [0.1, 0.15) is 30.0 Å². The van der Waals surface area contributed by atoms with E-state index < -0.39 is 0 Å². The van der Waals surface area contributed by atoms with E-state index in [0.29, 0.717) is 26.3 Å². The zero-order valence-electron chi connectivity index (χ0n) is 15.1. The number of ether oxygens (including phenoxy) is 2. The summed E-state index contributed by atoms with van der Waals surface area (Å²) >= 11 is 0. The van der Waals surface area contributed by atoms with Crippen LogP contribution in [0, 0.1) is 5.82 Å². The zero-order valence-corrected chi connectivity index (χ0v) is 15.1. The van der Waals surface area contributed by atoms with Crippen molar-refractivity contribution in [2.24, 2.45) is 0 Å². The number of nitrogens with zero attached hydrogens (tertiary/aromatic N) is 1. The quantitative estimate of drug-likeness (QED) is 0.879. The standard InChI is InChI=1S/C21H23FN2O3/c22-17-6-3-15(4-7-17)13-23-21(25)14-24-9-1-2-18(24)16-5-8-19-20(12-16)27-11-10-26-19/h3-8,12,18H,1-2,9-11,13-14H2,(H,23,25). The molecule has 5 nitrogen and oxygen atoms in total. The third kappa shape index (κ3) is 4.22. The van der Waals surface area contributed by atoms with E-state index in [9.17, 15) is 9.18 Å². The van der Waals surface area contributed by atoms with E-state index in [1.165, 1.54) is 12.1 Å². The van der Waals surface area contributed by atoms with E-state index in [1.807, 2.05) is 12.1 Å². The Morgan fingerprint density at radius 2 is 1.89 bits per heavy atom. The second kappa shape index (κ2) is 7.96. The van der Waals surface area contributed by atoms with Crippen LogP contribution in [-0.4, -0.2) is 37.1 Å². The molecule has 0 bridgehead atoms. The van der Waals surface area contributed by atoms with Crippen LogP contribution in [0.15, 0.2) is 42.5 Å². The smallest absolute Gasteiger partial charge is 0.234 e. The van der Waals surface area contributed by atoms with Crippen LogP contribution >= 0.6 is 0 Å². The first-order valence-electron chi connectivity index (χ1n) is 9.34. The third-order valence-corrected chi connectivity index (χ3v) is 5.06. The Balaban J connectivity index is 1.36. The molecule has 1 unspecified atom stereocenters. The number of amides is 1. The summed E-state index contributed by atoms with van der Waals surface area (Å²) in [5.74, 6) is 1.27. The summed E-state index contributed by atoms with van der Waals surface area (Å²) < 4.78 is 24.2. The molecule has 2 heterocycles. The Morgan fingerprint density at radius 1 is 1.11 bits per heavy atom. The minimum atomic E-state index is -0.274. The molecule has 0 spiro atoms. The minimum Gasteiger partial charge on any atom is -0.486 e. The van der Waals surface area contributed by atoms with Crippen LogP contribution < -0.4 is 14.8 Å². The molecule has 0 saturated carbocycles. The predicted octanol–water partition coefficient (Wildman–Crippen LogP) is 3.05. The van der Waals surface area contributed by atoms with Crippen molar-refractivity contribution in [3.8, 4) is 11.5 Å². The zero-order chi connectivity index (χ0) is 18.6. The fourth-order valence-electron chi connectivity index (χ4n) is 3.70. The van der Waals surface area contributed by atoms with Gasteiger partial charge in [-0.15, -0.1) is 0 Å². The van der Waals surface area contributed by atoms with Crippen LogP contribution in [-0.2, 0) is 11.3 Å². The van der Waals surface area contributed by atoms with E-state index in [1.54, 1.807) is 12.1 Å². The fraction of sp³-hybridized carbons (Fsp3) is 0.381. The largest absolute Gasteiger partial charge is 0.486 e. The van der Waals surface area contributed by atoms with E-state index in [-0.39, 0.29) is 17.8 Å². The fourth-order valence-corrected chi connectivity index (χ4v) is 3.70. The molecule has 1 saturated heterocycles. The van der Waals surface area contributed by atoms with Crippen LogP contribution in [0.3, 0.4) is 0 Å². The van der Waals surface area contributed by atoms with Crippen molar-refractivity contribution in [1.29, 1.82) is 0 Å². The number of likely N-dealkylation sites (tertiary alicyclic amines) is 1. The highest BCUT2D eigenvalue weighted by atomic mass is 19.1. The molecule has 1 N–H and O–H groups in total. The molecule has 142 valence electrons. The molecule has 1 fully saturated rings. The van der Waals surface area contributed by atoms with Crippen LogP contribution in [0.5, 0.6) is 11.5 Å². The number of halogens is 1.